The molecule has 0 aliphatic heterocycles. The van der Waals surface area contributed by atoms with Crippen LogP contribution in [0.5, 0.6) is 0 Å². The number of esters is 1. The summed E-state index contributed by atoms with van der Waals surface area (Å²) in [6, 6.07) is 0. The van der Waals surface area contributed by atoms with Gasteiger partial charge in [-0.25, -0.2) is 19.7 Å². The third-order valence-corrected chi connectivity index (χ3v) is 6.93. The van der Waals surface area contributed by atoms with Crippen molar-refractivity contribution in [2.24, 2.45) is 5.92 Å². The van der Waals surface area contributed by atoms with Crippen LogP contribution in [0.25, 0.3) is 11.2 Å². The van der Waals surface area contributed by atoms with E-state index in [2.05, 4.69) is 32.2 Å². The Kier molecular flexibility index (Phi) is 5.81. The van der Waals surface area contributed by atoms with E-state index < -0.39 is 0 Å². The molecule has 4 rings (SSSR count). The predicted octanol–water partition coefficient (Wildman–Crippen LogP) is 3.45. The van der Waals surface area contributed by atoms with Crippen LogP contribution >= 0.6 is 23.1 Å². The molecule has 1 aliphatic carbocycles. The SMILES string of the molecule is CCOC(=O)c1c(NC(=O)CSc2ncnc3nc[nH]c23)sc2c1CCC(C)C2. The number of hydrogen-bond acceptors (Lipinski definition) is 8. The number of fused-ring (bicyclic) bond motifs is 2. The summed E-state index contributed by atoms with van der Waals surface area (Å²) in [7, 11) is 0. The van der Waals surface area contributed by atoms with E-state index in [1.165, 1.54) is 34.3 Å². The Labute approximate surface area is 175 Å². The van der Waals surface area contributed by atoms with Gasteiger partial charge in [0, 0.05) is 4.88 Å². The second-order valence-electron chi connectivity index (χ2n) is 6.89. The summed E-state index contributed by atoms with van der Waals surface area (Å²) in [4.78, 5) is 41.7. The smallest absolute Gasteiger partial charge is 0.341 e. The van der Waals surface area contributed by atoms with E-state index in [1.807, 2.05) is 0 Å². The maximum absolute atomic E-state index is 12.6. The number of imidazole rings is 1. The molecule has 1 amide bonds. The minimum Gasteiger partial charge on any atom is -0.462 e. The molecule has 0 saturated heterocycles. The Morgan fingerprint density at radius 3 is 3.07 bits per heavy atom. The van der Waals surface area contributed by atoms with Gasteiger partial charge in [0.1, 0.15) is 21.9 Å². The number of anilines is 1. The summed E-state index contributed by atoms with van der Waals surface area (Å²) in [6.07, 6.45) is 5.77. The molecule has 1 aliphatic rings. The van der Waals surface area contributed by atoms with Gasteiger partial charge in [0.05, 0.1) is 24.3 Å². The molecule has 8 nitrogen and oxygen atoms in total. The number of H-pyrrole nitrogens is 1. The van der Waals surface area contributed by atoms with Gasteiger partial charge >= 0.3 is 5.97 Å². The molecule has 0 saturated carbocycles. The van der Waals surface area contributed by atoms with Crippen molar-refractivity contribution < 1.29 is 14.3 Å². The first-order chi connectivity index (χ1) is 14.1. The molecule has 3 aromatic heterocycles. The van der Waals surface area contributed by atoms with E-state index in [0.717, 1.165) is 24.8 Å². The van der Waals surface area contributed by atoms with Crippen LogP contribution < -0.4 is 5.32 Å². The van der Waals surface area contributed by atoms with Gasteiger partial charge in [0.15, 0.2) is 5.65 Å². The fourth-order valence-corrected chi connectivity index (χ4v) is 5.58. The van der Waals surface area contributed by atoms with Crippen molar-refractivity contribution in [1.82, 2.24) is 19.9 Å². The topological polar surface area (TPSA) is 110 Å². The number of aromatic amines is 1. The molecule has 1 unspecified atom stereocenters. The standard InChI is InChI=1S/C19H21N5O3S2/c1-3-27-19(26)14-11-5-4-10(2)6-12(11)29-17(14)24-13(25)7-28-18-15-16(21-8-20-15)22-9-23-18/h8-10H,3-7H2,1-2H3,(H,24,25)(H,20,21,22,23). The lowest BCUT2D eigenvalue weighted by Gasteiger charge is -2.18. The number of aromatic nitrogens is 4. The number of amides is 1. The number of thioether (sulfide) groups is 1. The molecular weight excluding hydrogens is 410 g/mol. The molecule has 0 aromatic carbocycles. The lowest BCUT2D eigenvalue weighted by atomic mass is 9.88. The average Bonchev–Trinajstić information content (AvgIpc) is 3.30. The van der Waals surface area contributed by atoms with Crippen molar-refractivity contribution >= 4 is 51.1 Å². The molecule has 2 N–H and O–H groups in total. The molecule has 1 atom stereocenters. The predicted molar refractivity (Wildman–Crippen MR) is 113 cm³/mol. The van der Waals surface area contributed by atoms with Crippen LogP contribution in [-0.2, 0) is 22.4 Å². The molecule has 3 heterocycles. The molecule has 0 bridgehead atoms. The van der Waals surface area contributed by atoms with Gasteiger partial charge < -0.3 is 15.0 Å². The van der Waals surface area contributed by atoms with Crippen molar-refractivity contribution in [3.05, 3.63) is 28.7 Å². The van der Waals surface area contributed by atoms with Crippen molar-refractivity contribution in [2.45, 2.75) is 38.1 Å². The Hall–Kier alpha value is -2.46. The van der Waals surface area contributed by atoms with Crippen molar-refractivity contribution in [2.75, 3.05) is 17.7 Å². The Morgan fingerprint density at radius 1 is 1.38 bits per heavy atom. The Balaban J connectivity index is 1.51. The minimum absolute atomic E-state index is 0.159. The van der Waals surface area contributed by atoms with E-state index in [0.29, 0.717) is 39.3 Å². The molecule has 3 aromatic rings. The number of carbonyl (C=O) groups is 2. The maximum atomic E-state index is 12.6. The van der Waals surface area contributed by atoms with Crippen molar-refractivity contribution in [1.29, 1.82) is 0 Å². The van der Waals surface area contributed by atoms with Gasteiger partial charge in [-0.3, -0.25) is 4.79 Å². The quantitative estimate of drug-likeness (QED) is 0.349. The highest BCUT2D eigenvalue weighted by molar-refractivity contribution is 8.00. The summed E-state index contributed by atoms with van der Waals surface area (Å²) < 4.78 is 5.25. The van der Waals surface area contributed by atoms with Gasteiger partial charge in [0.25, 0.3) is 0 Å². The lowest BCUT2D eigenvalue weighted by molar-refractivity contribution is -0.113. The highest BCUT2D eigenvalue weighted by Crippen LogP contribution is 2.40. The number of ether oxygens (including phenoxy) is 1. The fraction of sp³-hybridized carbons (Fsp3) is 0.421. The van der Waals surface area contributed by atoms with Crippen LogP contribution in [0.15, 0.2) is 17.7 Å². The highest BCUT2D eigenvalue weighted by Gasteiger charge is 2.29. The van der Waals surface area contributed by atoms with E-state index in [9.17, 15) is 9.59 Å². The van der Waals surface area contributed by atoms with Crippen LogP contribution in [0.4, 0.5) is 5.00 Å². The third-order valence-electron chi connectivity index (χ3n) is 4.77. The Bertz CT molecular complexity index is 1060. The molecule has 29 heavy (non-hydrogen) atoms. The molecule has 10 heteroatoms. The molecule has 152 valence electrons. The second kappa shape index (κ2) is 8.50. The third kappa shape index (κ3) is 4.13. The second-order valence-corrected chi connectivity index (χ2v) is 8.96. The van der Waals surface area contributed by atoms with E-state index in [-0.39, 0.29) is 17.6 Å². The minimum atomic E-state index is -0.363. The van der Waals surface area contributed by atoms with Gasteiger partial charge in [-0.15, -0.1) is 11.3 Å². The lowest BCUT2D eigenvalue weighted by Crippen LogP contribution is -2.17. The largest absolute Gasteiger partial charge is 0.462 e. The van der Waals surface area contributed by atoms with Crippen LogP contribution in [0.2, 0.25) is 0 Å². The van der Waals surface area contributed by atoms with Crippen LogP contribution in [0.1, 0.15) is 41.1 Å². The first-order valence-electron chi connectivity index (χ1n) is 9.45. The van der Waals surface area contributed by atoms with Crippen molar-refractivity contribution in [3.8, 4) is 0 Å². The number of carbonyl (C=O) groups excluding carboxylic acids is 2. The zero-order valence-electron chi connectivity index (χ0n) is 16.2. The highest BCUT2D eigenvalue weighted by atomic mass is 32.2. The zero-order valence-corrected chi connectivity index (χ0v) is 17.8. The number of nitrogens with zero attached hydrogens (tertiary/aromatic N) is 3. The van der Waals surface area contributed by atoms with Gasteiger partial charge in [0.2, 0.25) is 5.91 Å². The summed E-state index contributed by atoms with van der Waals surface area (Å²) in [5, 5.41) is 4.17. The van der Waals surface area contributed by atoms with Crippen LogP contribution in [0, 0.1) is 5.92 Å². The molecule has 0 spiro atoms. The number of rotatable bonds is 6. The maximum Gasteiger partial charge on any atom is 0.341 e. The van der Waals surface area contributed by atoms with Crippen LogP contribution in [0.3, 0.4) is 0 Å². The molecule has 0 fully saturated rings. The number of thiophene rings is 1. The monoisotopic (exact) mass is 431 g/mol. The molecule has 0 radical (unpaired) electrons. The fourth-order valence-electron chi connectivity index (χ4n) is 3.41. The zero-order chi connectivity index (χ0) is 20.4. The van der Waals surface area contributed by atoms with Gasteiger partial charge in [-0.05, 0) is 37.7 Å². The number of hydrogen-bond donors (Lipinski definition) is 2. The van der Waals surface area contributed by atoms with E-state index in [4.69, 9.17) is 4.74 Å². The Morgan fingerprint density at radius 2 is 2.24 bits per heavy atom. The van der Waals surface area contributed by atoms with Crippen molar-refractivity contribution in [3.63, 3.8) is 0 Å². The van der Waals surface area contributed by atoms with Gasteiger partial charge in [-0.2, -0.15) is 0 Å². The van der Waals surface area contributed by atoms with Crippen LogP contribution in [-0.4, -0.2) is 44.2 Å². The first kappa shape index (κ1) is 19.8. The number of nitrogens with one attached hydrogen (secondary N) is 2. The molecular formula is C19H21N5O3S2. The summed E-state index contributed by atoms with van der Waals surface area (Å²) >= 11 is 2.79. The van der Waals surface area contributed by atoms with Gasteiger partial charge in [-0.1, -0.05) is 18.7 Å². The van der Waals surface area contributed by atoms with E-state index in [1.54, 1.807) is 13.3 Å². The van der Waals surface area contributed by atoms with E-state index >= 15 is 0 Å². The first-order valence-corrected chi connectivity index (χ1v) is 11.2. The summed E-state index contributed by atoms with van der Waals surface area (Å²) in [5.74, 6) is 0.174. The average molecular weight is 432 g/mol. The summed E-state index contributed by atoms with van der Waals surface area (Å²) in [5.41, 5.74) is 2.82. The summed E-state index contributed by atoms with van der Waals surface area (Å²) in [6.45, 7) is 4.29. The normalized spacial score (nSPS) is 15.9.